The summed E-state index contributed by atoms with van der Waals surface area (Å²) >= 11 is 0. The van der Waals surface area contributed by atoms with Gasteiger partial charge in [0, 0.05) is 18.3 Å². The number of carbonyl (C=O) groups excluding carboxylic acids is 2. The first-order chi connectivity index (χ1) is 10.6. The molecule has 0 radical (unpaired) electrons. The van der Waals surface area contributed by atoms with Crippen LogP contribution in [0.3, 0.4) is 0 Å². The Labute approximate surface area is 132 Å². The number of hydrogen-bond acceptors (Lipinski definition) is 2. The number of benzene rings is 1. The van der Waals surface area contributed by atoms with Crippen molar-refractivity contribution in [2.24, 2.45) is 0 Å². The zero-order chi connectivity index (χ0) is 16.1. The fourth-order valence-electron chi connectivity index (χ4n) is 3.04. The highest BCUT2D eigenvalue weighted by atomic mass is 16.2. The molecule has 1 aromatic carbocycles. The second-order valence-corrected chi connectivity index (χ2v) is 5.86. The normalized spacial score (nSPS) is 18.0. The number of nitrogens with one attached hydrogen (secondary N) is 2. The van der Waals surface area contributed by atoms with Crippen molar-refractivity contribution in [2.45, 2.75) is 33.2 Å². The van der Waals surface area contributed by atoms with E-state index in [-0.39, 0.29) is 17.9 Å². The van der Waals surface area contributed by atoms with Crippen LogP contribution in [0.1, 0.15) is 26.3 Å². The van der Waals surface area contributed by atoms with E-state index in [1.165, 1.54) is 5.56 Å². The van der Waals surface area contributed by atoms with Gasteiger partial charge in [0.1, 0.15) is 0 Å². The van der Waals surface area contributed by atoms with Crippen molar-refractivity contribution in [3.63, 3.8) is 0 Å². The molecule has 2 atom stereocenters. The van der Waals surface area contributed by atoms with Gasteiger partial charge in [0.15, 0.2) is 13.1 Å². The van der Waals surface area contributed by atoms with E-state index in [9.17, 15) is 9.59 Å². The number of rotatable bonds is 6. The zero-order valence-electron chi connectivity index (χ0n) is 13.7. The minimum Gasteiger partial charge on any atom is -0.351 e. The van der Waals surface area contributed by atoms with Crippen LogP contribution in [-0.4, -0.2) is 44.0 Å². The molecule has 5 nitrogen and oxygen atoms in total. The van der Waals surface area contributed by atoms with Crippen molar-refractivity contribution >= 4 is 17.5 Å². The molecular formula is C17H26N3O2+. The van der Waals surface area contributed by atoms with Gasteiger partial charge in [0.05, 0.1) is 6.54 Å². The van der Waals surface area contributed by atoms with Crippen LogP contribution in [0.15, 0.2) is 24.3 Å². The van der Waals surface area contributed by atoms with Crippen LogP contribution < -0.4 is 15.1 Å². The molecule has 0 saturated carbocycles. The molecule has 120 valence electrons. The Morgan fingerprint density at radius 1 is 1.27 bits per heavy atom. The van der Waals surface area contributed by atoms with Crippen LogP contribution in [0.5, 0.6) is 0 Å². The SMILES string of the molecule is CCNC(=O)C[NH+](CC)CC(=O)N1c2ccccc2C[C@H]1C. The average Bonchev–Trinajstić information content (AvgIpc) is 2.82. The minimum atomic E-state index is 0.00187. The number of amides is 2. The molecule has 0 aromatic heterocycles. The van der Waals surface area contributed by atoms with Gasteiger partial charge in [-0.1, -0.05) is 18.2 Å². The third-order valence-corrected chi connectivity index (χ3v) is 4.16. The quantitative estimate of drug-likeness (QED) is 0.778. The number of nitrogens with zero attached hydrogens (tertiary/aromatic N) is 1. The van der Waals surface area contributed by atoms with Gasteiger partial charge < -0.3 is 15.1 Å². The summed E-state index contributed by atoms with van der Waals surface area (Å²) in [5, 5.41) is 2.79. The number of anilines is 1. The second kappa shape index (κ2) is 7.40. The third-order valence-electron chi connectivity index (χ3n) is 4.16. The Bertz CT molecular complexity index is 544. The van der Waals surface area contributed by atoms with Crippen molar-refractivity contribution in [3.8, 4) is 0 Å². The molecule has 2 N–H and O–H groups in total. The fraction of sp³-hybridized carbons (Fsp3) is 0.529. The van der Waals surface area contributed by atoms with Gasteiger partial charge in [-0.3, -0.25) is 9.59 Å². The average molecular weight is 304 g/mol. The fourth-order valence-corrected chi connectivity index (χ4v) is 3.04. The zero-order valence-corrected chi connectivity index (χ0v) is 13.7. The summed E-state index contributed by atoms with van der Waals surface area (Å²) in [5.74, 6) is 0.0978. The third kappa shape index (κ3) is 3.65. The molecule has 1 heterocycles. The van der Waals surface area contributed by atoms with Crippen LogP contribution in [-0.2, 0) is 16.0 Å². The predicted molar refractivity (Wildman–Crippen MR) is 87.0 cm³/mol. The monoisotopic (exact) mass is 304 g/mol. The van der Waals surface area contributed by atoms with Crippen molar-refractivity contribution in [3.05, 3.63) is 29.8 Å². The van der Waals surface area contributed by atoms with E-state index in [0.717, 1.165) is 23.6 Å². The Morgan fingerprint density at radius 3 is 2.68 bits per heavy atom. The van der Waals surface area contributed by atoms with E-state index in [1.807, 2.05) is 36.9 Å². The molecule has 1 aromatic rings. The molecular weight excluding hydrogens is 278 g/mol. The van der Waals surface area contributed by atoms with Gasteiger partial charge in [0.25, 0.3) is 11.8 Å². The van der Waals surface area contributed by atoms with Gasteiger partial charge in [-0.05, 0) is 38.8 Å². The van der Waals surface area contributed by atoms with E-state index in [0.29, 0.717) is 19.6 Å². The molecule has 22 heavy (non-hydrogen) atoms. The number of fused-ring (bicyclic) bond motifs is 1. The maximum atomic E-state index is 12.7. The van der Waals surface area contributed by atoms with Crippen LogP contribution in [0.4, 0.5) is 5.69 Å². The first-order valence-corrected chi connectivity index (χ1v) is 8.07. The lowest BCUT2D eigenvalue weighted by Crippen LogP contribution is -3.14. The maximum absolute atomic E-state index is 12.7. The lowest BCUT2D eigenvalue weighted by molar-refractivity contribution is -0.881. The van der Waals surface area contributed by atoms with E-state index in [4.69, 9.17) is 0 Å². The Balaban J connectivity index is 2.03. The summed E-state index contributed by atoms with van der Waals surface area (Å²) in [6.45, 7) is 8.06. The summed E-state index contributed by atoms with van der Waals surface area (Å²) < 4.78 is 0. The number of carbonyl (C=O) groups is 2. The van der Waals surface area contributed by atoms with E-state index in [1.54, 1.807) is 0 Å². The molecule has 1 aliphatic heterocycles. The molecule has 0 bridgehead atoms. The van der Waals surface area contributed by atoms with E-state index < -0.39 is 0 Å². The lowest BCUT2D eigenvalue weighted by atomic mass is 10.1. The number of quaternary nitrogens is 1. The molecule has 0 aliphatic carbocycles. The van der Waals surface area contributed by atoms with Crippen LogP contribution >= 0.6 is 0 Å². The molecule has 0 spiro atoms. The maximum Gasteiger partial charge on any atom is 0.282 e. The molecule has 1 unspecified atom stereocenters. The van der Waals surface area contributed by atoms with Gasteiger partial charge in [0.2, 0.25) is 0 Å². The number of para-hydroxylation sites is 1. The highest BCUT2D eigenvalue weighted by Crippen LogP contribution is 2.31. The number of likely N-dealkylation sites (N-methyl/N-ethyl adjacent to an activating group) is 2. The molecule has 0 fully saturated rings. The molecule has 1 aliphatic rings. The highest BCUT2D eigenvalue weighted by Gasteiger charge is 2.32. The Kier molecular flexibility index (Phi) is 5.55. The summed E-state index contributed by atoms with van der Waals surface area (Å²) in [7, 11) is 0. The van der Waals surface area contributed by atoms with Crippen LogP contribution in [0, 0.1) is 0 Å². The van der Waals surface area contributed by atoms with Crippen LogP contribution in [0.25, 0.3) is 0 Å². The standard InChI is InChI=1S/C17H25N3O2/c1-4-18-16(21)11-19(5-2)12-17(22)20-13(3)10-14-8-6-7-9-15(14)20/h6-9,13H,4-5,10-12H2,1-3H3,(H,18,21)/p+1/t13-/m1/s1. The van der Waals surface area contributed by atoms with Gasteiger partial charge in [-0.25, -0.2) is 0 Å². The van der Waals surface area contributed by atoms with Gasteiger partial charge in [-0.2, -0.15) is 0 Å². The topological polar surface area (TPSA) is 53.9 Å². The van der Waals surface area contributed by atoms with Crippen LogP contribution in [0.2, 0.25) is 0 Å². The first kappa shape index (κ1) is 16.5. The summed E-state index contributed by atoms with van der Waals surface area (Å²) in [5.41, 5.74) is 2.25. The Hall–Kier alpha value is -1.88. The lowest BCUT2D eigenvalue weighted by Gasteiger charge is -2.25. The summed E-state index contributed by atoms with van der Waals surface area (Å²) in [6, 6.07) is 8.26. The van der Waals surface area contributed by atoms with Crippen molar-refractivity contribution in [1.29, 1.82) is 0 Å². The predicted octanol–water partition coefficient (Wildman–Crippen LogP) is 0.00510. The van der Waals surface area contributed by atoms with Crippen molar-refractivity contribution in [1.82, 2.24) is 5.32 Å². The smallest absolute Gasteiger partial charge is 0.282 e. The molecule has 2 rings (SSSR count). The molecule has 2 amide bonds. The molecule has 0 saturated heterocycles. The van der Waals surface area contributed by atoms with E-state index >= 15 is 0 Å². The summed E-state index contributed by atoms with van der Waals surface area (Å²) in [6.07, 6.45) is 0.902. The van der Waals surface area contributed by atoms with Crippen molar-refractivity contribution < 1.29 is 14.5 Å². The van der Waals surface area contributed by atoms with Gasteiger partial charge in [-0.15, -0.1) is 0 Å². The highest BCUT2D eigenvalue weighted by molar-refractivity contribution is 5.96. The Morgan fingerprint density at radius 2 is 2.00 bits per heavy atom. The van der Waals surface area contributed by atoms with Gasteiger partial charge >= 0.3 is 0 Å². The largest absolute Gasteiger partial charge is 0.351 e. The number of hydrogen-bond donors (Lipinski definition) is 2. The van der Waals surface area contributed by atoms with E-state index in [2.05, 4.69) is 18.3 Å². The summed E-state index contributed by atoms with van der Waals surface area (Å²) in [4.78, 5) is 27.3. The first-order valence-electron chi connectivity index (χ1n) is 8.07. The minimum absolute atomic E-state index is 0.00187. The van der Waals surface area contributed by atoms with Crippen molar-refractivity contribution in [2.75, 3.05) is 31.1 Å². The second-order valence-electron chi connectivity index (χ2n) is 5.86. The molecule has 5 heteroatoms.